The quantitative estimate of drug-likeness (QED) is 0.750. The van der Waals surface area contributed by atoms with E-state index in [9.17, 15) is 18.0 Å². The van der Waals surface area contributed by atoms with Gasteiger partial charge in [-0.15, -0.1) is 0 Å². The van der Waals surface area contributed by atoms with Crippen molar-refractivity contribution >= 4 is 11.9 Å². The highest BCUT2D eigenvalue weighted by atomic mass is 19.4. The first-order valence-electron chi connectivity index (χ1n) is 10.4. The number of pyridine rings is 1. The molecule has 1 unspecified atom stereocenters. The number of rotatable bonds is 5. The minimum Gasteiger partial charge on any atom is -0.492 e. The van der Waals surface area contributed by atoms with Gasteiger partial charge in [0.15, 0.2) is 0 Å². The smallest absolute Gasteiger partial charge is 0.490 e. The van der Waals surface area contributed by atoms with Crippen LogP contribution in [-0.4, -0.2) is 64.9 Å². The summed E-state index contributed by atoms with van der Waals surface area (Å²) in [7, 11) is 0. The fourth-order valence-corrected chi connectivity index (χ4v) is 4.09. The van der Waals surface area contributed by atoms with Gasteiger partial charge in [-0.2, -0.15) is 13.2 Å². The molecule has 2 saturated heterocycles. The van der Waals surface area contributed by atoms with Crippen LogP contribution in [0.1, 0.15) is 38.5 Å². The van der Waals surface area contributed by atoms with Crippen LogP contribution in [0.4, 0.5) is 13.2 Å². The van der Waals surface area contributed by atoms with Crippen LogP contribution in [0.15, 0.2) is 24.5 Å². The molecule has 1 N–H and O–H groups in total. The van der Waals surface area contributed by atoms with E-state index in [1.54, 1.807) is 12.4 Å². The molecule has 31 heavy (non-hydrogen) atoms. The minimum atomic E-state index is -5.08. The molecule has 1 spiro atoms. The lowest BCUT2D eigenvalue weighted by atomic mass is 9.77. The number of hydrogen-bond donors (Lipinski definition) is 1. The molecule has 1 aliphatic carbocycles. The highest BCUT2D eigenvalue weighted by molar-refractivity contribution is 5.80. The fraction of sp³-hybridized carbons (Fsp3) is 0.667. The van der Waals surface area contributed by atoms with Crippen molar-refractivity contribution in [3.8, 4) is 5.75 Å². The SMILES string of the molecule is O=C(C1CCC1)N1CC2(CC(CCOc3cccnc3)CCO2)C1.O=C(O)C(F)(F)F. The number of likely N-dealkylation sites (tertiary alicyclic amines) is 1. The molecule has 1 saturated carbocycles. The van der Waals surface area contributed by atoms with Crippen LogP contribution in [0, 0.1) is 11.8 Å². The molecule has 172 valence electrons. The summed E-state index contributed by atoms with van der Waals surface area (Å²) in [6.45, 7) is 3.12. The third-order valence-electron chi connectivity index (χ3n) is 5.99. The average Bonchev–Trinajstić information content (AvgIpc) is 2.65. The molecule has 1 aromatic rings. The van der Waals surface area contributed by atoms with E-state index in [0.29, 0.717) is 17.7 Å². The number of nitrogens with zero attached hydrogens (tertiary/aromatic N) is 2. The van der Waals surface area contributed by atoms with Crippen molar-refractivity contribution in [2.45, 2.75) is 50.3 Å². The molecule has 0 aromatic carbocycles. The van der Waals surface area contributed by atoms with Crippen LogP contribution < -0.4 is 4.74 Å². The summed E-state index contributed by atoms with van der Waals surface area (Å²) in [6.07, 6.45) is 4.98. The van der Waals surface area contributed by atoms with Crippen molar-refractivity contribution in [3.05, 3.63) is 24.5 Å². The minimum absolute atomic E-state index is 0.0728. The second-order valence-corrected chi connectivity index (χ2v) is 8.34. The molecule has 4 rings (SSSR count). The lowest BCUT2D eigenvalue weighted by Crippen LogP contribution is -2.67. The number of halogens is 3. The zero-order valence-electron chi connectivity index (χ0n) is 17.1. The number of carboxylic acid groups (broad SMARTS) is 1. The molecular formula is C21H27F3N2O5. The lowest BCUT2D eigenvalue weighted by Gasteiger charge is -2.54. The van der Waals surface area contributed by atoms with Gasteiger partial charge < -0.3 is 19.5 Å². The number of carbonyl (C=O) groups excluding carboxylic acids is 1. The van der Waals surface area contributed by atoms with Crippen molar-refractivity contribution in [2.24, 2.45) is 11.8 Å². The molecule has 10 heteroatoms. The third-order valence-corrected chi connectivity index (χ3v) is 5.99. The normalized spacial score (nSPS) is 22.5. The fourth-order valence-electron chi connectivity index (χ4n) is 4.09. The van der Waals surface area contributed by atoms with Gasteiger partial charge in [0, 0.05) is 18.7 Å². The van der Waals surface area contributed by atoms with Gasteiger partial charge in [0.2, 0.25) is 5.91 Å². The Bertz CT molecular complexity index is 749. The Morgan fingerprint density at radius 3 is 2.55 bits per heavy atom. The lowest BCUT2D eigenvalue weighted by molar-refractivity contribution is -0.193. The van der Waals surface area contributed by atoms with Crippen LogP contribution in [0.25, 0.3) is 0 Å². The summed E-state index contributed by atoms with van der Waals surface area (Å²) in [5.74, 6) is -0.642. The third kappa shape index (κ3) is 6.32. The van der Waals surface area contributed by atoms with Crippen molar-refractivity contribution in [3.63, 3.8) is 0 Å². The summed E-state index contributed by atoms with van der Waals surface area (Å²) < 4.78 is 43.6. The Hall–Kier alpha value is -2.36. The van der Waals surface area contributed by atoms with Gasteiger partial charge in [-0.3, -0.25) is 9.78 Å². The van der Waals surface area contributed by atoms with Crippen molar-refractivity contribution in [1.82, 2.24) is 9.88 Å². The van der Waals surface area contributed by atoms with Gasteiger partial charge >= 0.3 is 12.1 Å². The Balaban J connectivity index is 0.000000339. The molecular weight excluding hydrogens is 417 g/mol. The van der Waals surface area contributed by atoms with Crippen LogP contribution in [0.5, 0.6) is 5.75 Å². The van der Waals surface area contributed by atoms with Crippen LogP contribution >= 0.6 is 0 Å². The van der Waals surface area contributed by atoms with E-state index in [2.05, 4.69) is 4.98 Å². The first-order valence-corrected chi connectivity index (χ1v) is 10.4. The van der Waals surface area contributed by atoms with Gasteiger partial charge in [0.1, 0.15) is 11.4 Å². The zero-order valence-corrected chi connectivity index (χ0v) is 17.1. The van der Waals surface area contributed by atoms with E-state index in [-0.39, 0.29) is 5.60 Å². The largest absolute Gasteiger partial charge is 0.492 e. The van der Waals surface area contributed by atoms with E-state index in [1.165, 1.54) is 6.42 Å². The number of aromatic nitrogens is 1. The molecule has 1 atom stereocenters. The molecule has 1 amide bonds. The maximum Gasteiger partial charge on any atom is 0.490 e. The van der Waals surface area contributed by atoms with Crippen LogP contribution in [0.3, 0.4) is 0 Å². The topological polar surface area (TPSA) is 89.0 Å². The van der Waals surface area contributed by atoms with Crippen molar-refractivity contribution in [2.75, 3.05) is 26.3 Å². The summed E-state index contributed by atoms with van der Waals surface area (Å²) >= 11 is 0. The van der Waals surface area contributed by atoms with E-state index in [1.807, 2.05) is 17.0 Å². The van der Waals surface area contributed by atoms with Crippen molar-refractivity contribution in [1.29, 1.82) is 0 Å². The molecule has 2 aliphatic heterocycles. The van der Waals surface area contributed by atoms with Gasteiger partial charge in [0.25, 0.3) is 0 Å². The van der Waals surface area contributed by atoms with Crippen LogP contribution in [0.2, 0.25) is 0 Å². The molecule has 3 heterocycles. The maximum absolute atomic E-state index is 12.3. The molecule has 0 bridgehead atoms. The highest BCUT2D eigenvalue weighted by Gasteiger charge is 2.50. The molecule has 7 nitrogen and oxygen atoms in total. The van der Waals surface area contributed by atoms with E-state index >= 15 is 0 Å². The standard InChI is InChI=1S/C19H26N2O3.C2HF3O2/c22-18(16-3-1-4-16)21-13-19(14-21)11-15(7-10-24-19)6-9-23-17-5-2-8-20-12-17;3-2(4,5)1(6)7/h2,5,8,12,15-16H,1,3-4,6-7,9-11,13-14H2;(H,6,7). The number of hydrogen-bond acceptors (Lipinski definition) is 5. The number of amides is 1. The average molecular weight is 444 g/mol. The van der Waals surface area contributed by atoms with Crippen molar-refractivity contribution < 1.29 is 37.3 Å². The maximum atomic E-state index is 12.3. The summed E-state index contributed by atoms with van der Waals surface area (Å²) in [6, 6.07) is 3.83. The monoisotopic (exact) mass is 444 g/mol. The molecule has 3 fully saturated rings. The van der Waals surface area contributed by atoms with Gasteiger partial charge in [0.05, 0.1) is 25.9 Å². The first-order chi connectivity index (χ1) is 14.7. The second kappa shape index (κ2) is 9.84. The molecule has 1 aromatic heterocycles. The van der Waals surface area contributed by atoms with E-state index in [0.717, 1.165) is 64.2 Å². The first kappa shape index (κ1) is 23.3. The summed E-state index contributed by atoms with van der Waals surface area (Å²) in [5, 5.41) is 7.12. The number of carboxylic acids is 1. The zero-order chi connectivity index (χ0) is 22.5. The highest BCUT2D eigenvalue weighted by Crippen LogP contribution is 2.40. The van der Waals surface area contributed by atoms with Gasteiger partial charge in [-0.1, -0.05) is 6.42 Å². The molecule has 3 aliphatic rings. The van der Waals surface area contributed by atoms with Gasteiger partial charge in [-0.25, -0.2) is 4.79 Å². The van der Waals surface area contributed by atoms with E-state index < -0.39 is 12.1 Å². The number of alkyl halides is 3. The number of carbonyl (C=O) groups is 2. The Kier molecular flexibility index (Phi) is 7.40. The number of aliphatic carboxylic acids is 1. The predicted molar refractivity (Wildman–Crippen MR) is 103 cm³/mol. The predicted octanol–water partition coefficient (Wildman–Crippen LogP) is 3.29. The number of ether oxygens (including phenoxy) is 2. The summed E-state index contributed by atoms with van der Waals surface area (Å²) in [5.41, 5.74) is -0.0728. The Morgan fingerprint density at radius 2 is 2.00 bits per heavy atom. The Labute approximate surface area is 178 Å². The molecule has 0 radical (unpaired) electrons. The Morgan fingerprint density at radius 1 is 1.29 bits per heavy atom. The van der Waals surface area contributed by atoms with Gasteiger partial charge in [-0.05, 0) is 50.2 Å². The van der Waals surface area contributed by atoms with E-state index in [4.69, 9.17) is 19.4 Å². The van der Waals surface area contributed by atoms with Crippen LogP contribution in [-0.2, 0) is 14.3 Å². The summed E-state index contributed by atoms with van der Waals surface area (Å²) in [4.78, 5) is 27.3. The second-order valence-electron chi connectivity index (χ2n) is 8.34.